The van der Waals surface area contributed by atoms with Gasteiger partial charge in [0.05, 0.1) is 0 Å². The molecule has 2 heteroatoms. The molecule has 0 aliphatic carbocycles. The number of hydrogen-bond donors (Lipinski definition) is 0. The molecule has 0 aromatic carbocycles. The van der Waals surface area contributed by atoms with Crippen molar-refractivity contribution in [1.29, 1.82) is 0 Å². The van der Waals surface area contributed by atoms with Crippen LogP contribution < -0.4 is 0 Å². The molecule has 0 saturated carbocycles. The number of rotatable bonds is 3. The van der Waals surface area contributed by atoms with Gasteiger partial charge in [-0.15, -0.1) is 0 Å². The average molecular weight is 97.1 g/mol. The van der Waals surface area contributed by atoms with Crippen LogP contribution >= 0.6 is 0 Å². The molecule has 0 atom stereocenters. The largest absolute Gasteiger partial charge is 0.303 e. The average Bonchev–Trinajstić information content (AvgIpc) is 1.69. The van der Waals surface area contributed by atoms with Crippen molar-refractivity contribution in [3.63, 3.8) is 0 Å². The lowest BCUT2D eigenvalue weighted by Gasteiger charge is -1.68. The Morgan fingerprint density at radius 2 is 2.43 bits per heavy atom. The van der Waals surface area contributed by atoms with Crippen molar-refractivity contribution < 1.29 is 4.79 Å². The quantitative estimate of drug-likeness (QED) is 0.378. The summed E-state index contributed by atoms with van der Waals surface area (Å²) < 4.78 is 0. The zero-order valence-electron chi connectivity index (χ0n) is 4.00. The molecule has 2 nitrogen and oxygen atoms in total. The van der Waals surface area contributed by atoms with Crippen molar-refractivity contribution in [3.8, 4) is 0 Å². The maximum Gasteiger partial charge on any atom is 0.123 e. The predicted octanol–water partition coefficient (Wildman–Crippen LogP) is 0.790. The van der Waals surface area contributed by atoms with Crippen LogP contribution in [0.3, 0.4) is 0 Å². The first-order valence-electron chi connectivity index (χ1n) is 1.96. The summed E-state index contributed by atoms with van der Waals surface area (Å²) in [5, 5.41) is 0. The van der Waals surface area contributed by atoms with E-state index in [2.05, 4.69) is 11.7 Å². The van der Waals surface area contributed by atoms with Crippen LogP contribution in [-0.2, 0) is 4.79 Å². The fourth-order valence-electron chi connectivity index (χ4n) is 0.191. The highest BCUT2D eigenvalue weighted by atomic mass is 16.1. The molecule has 7 heavy (non-hydrogen) atoms. The van der Waals surface area contributed by atoms with Crippen molar-refractivity contribution in [2.75, 3.05) is 0 Å². The van der Waals surface area contributed by atoms with E-state index < -0.39 is 0 Å². The summed E-state index contributed by atoms with van der Waals surface area (Å²) in [6.45, 7) is 3.18. The van der Waals surface area contributed by atoms with Crippen molar-refractivity contribution in [3.05, 3.63) is 12.3 Å². The Morgan fingerprint density at radius 3 is 2.86 bits per heavy atom. The van der Waals surface area contributed by atoms with E-state index in [-0.39, 0.29) is 0 Å². The van der Waals surface area contributed by atoms with E-state index in [0.29, 0.717) is 6.42 Å². The molecule has 0 unspecified atom stereocenters. The number of carbonyl (C=O) groups excluding carboxylic acids is 1. The van der Waals surface area contributed by atoms with Gasteiger partial charge in [-0.2, -0.15) is 0 Å². The molecule has 0 aliphatic heterocycles. The van der Waals surface area contributed by atoms with E-state index >= 15 is 0 Å². The lowest BCUT2D eigenvalue weighted by molar-refractivity contribution is -0.107. The summed E-state index contributed by atoms with van der Waals surface area (Å²) in [4.78, 5) is 13.0. The van der Waals surface area contributed by atoms with E-state index in [9.17, 15) is 4.79 Å². The van der Waals surface area contributed by atoms with E-state index in [1.165, 1.54) is 6.20 Å². The van der Waals surface area contributed by atoms with E-state index in [4.69, 9.17) is 0 Å². The Kier molecular flexibility index (Phi) is 4.41. The summed E-state index contributed by atoms with van der Waals surface area (Å²) >= 11 is 0. The second-order valence-corrected chi connectivity index (χ2v) is 0.970. The minimum atomic E-state index is 0.430. The van der Waals surface area contributed by atoms with Crippen LogP contribution in [0.1, 0.15) is 6.42 Å². The van der Waals surface area contributed by atoms with Crippen molar-refractivity contribution >= 4 is 13.0 Å². The van der Waals surface area contributed by atoms with Crippen LogP contribution in [0.4, 0.5) is 0 Å². The highest BCUT2D eigenvalue weighted by Crippen LogP contribution is 1.74. The van der Waals surface area contributed by atoms with Crippen LogP contribution in [0.25, 0.3) is 0 Å². The van der Waals surface area contributed by atoms with Gasteiger partial charge in [0.1, 0.15) is 6.29 Å². The van der Waals surface area contributed by atoms with Gasteiger partial charge in [-0.05, 0) is 6.72 Å². The van der Waals surface area contributed by atoms with Gasteiger partial charge in [-0.1, -0.05) is 6.08 Å². The fraction of sp³-hybridized carbons (Fsp3) is 0.200. The Morgan fingerprint density at radius 1 is 1.71 bits per heavy atom. The zero-order chi connectivity index (χ0) is 5.54. The first-order chi connectivity index (χ1) is 3.41. The number of nitrogens with zero attached hydrogens (tertiary/aromatic N) is 1. The molecule has 0 fully saturated rings. The van der Waals surface area contributed by atoms with Crippen molar-refractivity contribution in [2.45, 2.75) is 6.42 Å². The summed E-state index contributed by atoms with van der Waals surface area (Å²) in [7, 11) is 0. The van der Waals surface area contributed by atoms with Crippen LogP contribution in [0.2, 0.25) is 0 Å². The molecule has 0 aromatic rings. The molecule has 0 N–H and O–H groups in total. The predicted molar refractivity (Wildman–Crippen MR) is 29.4 cm³/mol. The lowest BCUT2D eigenvalue weighted by atomic mass is 10.5. The molecule has 0 aliphatic rings. The standard InChI is InChI=1S/C5H7NO/c1-6-4-2-3-5-7/h2,4-5H,1,3H2/b4-2+. The number of aliphatic imine (C=N–C) groups is 1. The van der Waals surface area contributed by atoms with Crippen LogP contribution in [-0.4, -0.2) is 13.0 Å². The smallest absolute Gasteiger partial charge is 0.123 e. The summed E-state index contributed by atoms with van der Waals surface area (Å²) in [5.74, 6) is 0. The Labute approximate surface area is 42.6 Å². The highest BCUT2D eigenvalue weighted by Gasteiger charge is 1.65. The van der Waals surface area contributed by atoms with Crippen molar-refractivity contribution in [1.82, 2.24) is 0 Å². The third kappa shape index (κ3) is 5.08. The van der Waals surface area contributed by atoms with Gasteiger partial charge in [0.25, 0.3) is 0 Å². The fourth-order valence-corrected chi connectivity index (χ4v) is 0.191. The first kappa shape index (κ1) is 6.08. The van der Waals surface area contributed by atoms with Gasteiger partial charge >= 0.3 is 0 Å². The number of hydrogen-bond acceptors (Lipinski definition) is 2. The van der Waals surface area contributed by atoms with Gasteiger partial charge in [0.2, 0.25) is 0 Å². The molecule has 0 amide bonds. The Hall–Kier alpha value is -0.920. The van der Waals surface area contributed by atoms with Gasteiger partial charge in [0.15, 0.2) is 0 Å². The number of carbonyl (C=O) groups is 1. The molecule has 0 heterocycles. The molecular weight excluding hydrogens is 90.1 g/mol. The highest BCUT2D eigenvalue weighted by molar-refractivity contribution is 5.51. The van der Waals surface area contributed by atoms with Crippen molar-refractivity contribution in [2.24, 2.45) is 4.99 Å². The normalized spacial score (nSPS) is 9.14. The minimum Gasteiger partial charge on any atom is -0.303 e. The van der Waals surface area contributed by atoms with Crippen LogP contribution in [0, 0.1) is 0 Å². The third-order valence-corrected chi connectivity index (χ3v) is 0.443. The Bertz CT molecular complexity index is 86.1. The van der Waals surface area contributed by atoms with E-state index in [1.807, 2.05) is 0 Å². The zero-order valence-corrected chi connectivity index (χ0v) is 4.00. The Balaban J connectivity index is 3.08. The molecular formula is C5H7NO. The summed E-state index contributed by atoms with van der Waals surface area (Å²) in [6.07, 6.45) is 4.37. The number of allylic oxidation sites excluding steroid dienone is 1. The minimum absolute atomic E-state index is 0.430. The van der Waals surface area contributed by atoms with E-state index in [1.54, 1.807) is 6.08 Å². The molecule has 38 valence electrons. The monoisotopic (exact) mass is 97.1 g/mol. The SMILES string of the molecule is C=N/C=C/CC=O. The topological polar surface area (TPSA) is 29.4 Å². The van der Waals surface area contributed by atoms with Gasteiger partial charge < -0.3 is 4.79 Å². The summed E-state index contributed by atoms with van der Waals surface area (Å²) in [5.41, 5.74) is 0. The van der Waals surface area contributed by atoms with Gasteiger partial charge in [-0.3, -0.25) is 4.99 Å². The second kappa shape index (κ2) is 5.08. The molecule has 0 rings (SSSR count). The van der Waals surface area contributed by atoms with Gasteiger partial charge in [-0.25, -0.2) is 0 Å². The first-order valence-corrected chi connectivity index (χ1v) is 1.96. The maximum absolute atomic E-state index is 9.57. The maximum atomic E-state index is 9.57. The molecule has 0 radical (unpaired) electrons. The molecule has 0 saturated heterocycles. The van der Waals surface area contributed by atoms with Gasteiger partial charge in [0, 0.05) is 12.6 Å². The second-order valence-electron chi connectivity index (χ2n) is 0.970. The summed E-state index contributed by atoms with van der Waals surface area (Å²) in [6, 6.07) is 0. The molecule has 0 spiro atoms. The van der Waals surface area contributed by atoms with E-state index in [0.717, 1.165) is 6.29 Å². The van der Waals surface area contributed by atoms with Crippen LogP contribution in [0.15, 0.2) is 17.3 Å². The lowest BCUT2D eigenvalue weighted by Crippen LogP contribution is -1.62. The van der Waals surface area contributed by atoms with Crippen LogP contribution in [0.5, 0.6) is 0 Å². The molecule has 0 bridgehead atoms. The molecule has 0 aromatic heterocycles. The third-order valence-electron chi connectivity index (χ3n) is 0.443. The number of aldehydes is 1.